The van der Waals surface area contributed by atoms with E-state index in [1.165, 1.54) is 5.69 Å². The number of aryl methyl sites for hydroxylation is 1. The molecule has 3 aromatic rings. The number of rotatable bonds is 5. The van der Waals surface area contributed by atoms with Crippen molar-refractivity contribution in [2.45, 2.75) is 13.5 Å². The number of likely N-dealkylation sites (N-methyl/N-ethyl adjacent to an activating group) is 1. The van der Waals surface area contributed by atoms with Gasteiger partial charge >= 0.3 is 0 Å². The van der Waals surface area contributed by atoms with Gasteiger partial charge in [0.2, 0.25) is 0 Å². The number of ether oxygens (including phenoxy) is 1. The van der Waals surface area contributed by atoms with Crippen LogP contribution in [0.25, 0.3) is 6.08 Å². The van der Waals surface area contributed by atoms with E-state index in [-0.39, 0.29) is 12.4 Å². The van der Waals surface area contributed by atoms with Crippen LogP contribution in [-0.4, -0.2) is 31.0 Å². The van der Waals surface area contributed by atoms with E-state index in [4.69, 9.17) is 14.3 Å². The van der Waals surface area contributed by atoms with E-state index in [0.29, 0.717) is 6.61 Å². The van der Waals surface area contributed by atoms with Crippen molar-refractivity contribution in [3.8, 4) is 5.75 Å². The molecule has 0 fully saturated rings. The number of hydrogen-bond acceptors (Lipinski definition) is 5. The van der Waals surface area contributed by atoms with Crippen LogP contribution in [0.5, 0.6) is 5.75 Å². The van der Waals surface area contributed by atoms with Crippen molar-refractivity contribution in [3.63, 3.8) is 0 Å². The molecule has 0 radical (unpaired) electrons. The summed E-state index contributed by atoms with van der Waals surface area (Å²) in [7, 11) is 2.11. The second-order valence-corrected chi connectivity index (χ2v) is 6.83. The molecule has 6 heteroatoms. The quantitative estimate of drug-likeness (QED) is 0.599. The van der Waals surface area contributed by atoms with E-state index < -0.39 is 0 Å². The molecule has 0 amide bonds. The molecule has 0 bridgehead atoms. The lowest BCUT2D eigenvalue weighted by atomic mass is 10.1. The Kier molecular flexibility index (Phi) is 6.73. The molecule has 0 unspecified atom stereocenters. The minimum atomic E-state index is 0. The second-order valence-electron chi connectivity index (χ2n) is 6.83. The summed E-state index contributed by atoms with van der Waals surface area (Å²) in [5.74, 6) is 1.58. The van der Waals surface area contributed by atoms with Gasteiger partial charge in [-0.3, -0.25) is 4.99 Å². The zero-order valence-electron chi connectivity index (χ0n) is 16.5. The number of fused-ring (bicyclic) bond motifs is 1. The predicted molar refractivity (Wildman–Crippen MR) is 119 cm³/mol. The molecule has 1 aromatic heterocycles. The van der Waals surface area contributed by atoms with Gasteiger partial charge in [-0.15, -0.1) is 12.4 Å². The Labute approximate surface area is 177 Å². The van der Waals surface area contributed by atoms with Gasteiger partial charge in [0.25, 0.3) is 0 Å². The van der Waals surface area contributed by atoms with Crippen molar-refractivity contribution in [1.29, 1.82) is 0 Å². The van der Waals surface area contributed by atoms with Crippen LogP contribution in [0, 0.1) is 6.92 Å². The average molecular weight is 410 g/mol. The summed E-state index contributed by atoms with van der Waals surface area (Å²) in [5, 5.41) is 3.95. The van der Waals surface area contributed by atoms with E-state index in [1.54, 1.807) is 0 Å². The molecule has 4 rings (SSSR count). The maximum atomic E-state index is 5.83. The van der Waals surface area contributed by atoms with Crippen LogP contribution in [0.4, 0.5) is 5.69 Å². The van der Waals surface area contributed by atoms with Crippen molar-refractivity contribution in [2.75, 3.05) is 25.0 Å². The smallest absolute Gasteiger partial charge is 0.134 e. The molecule has 0 saturated heterocycles. The fraction of sp³-hybridized carbons (Fsp3) is 0.217. The van der Waals surface area contributed by atoms with Crippen LogP contribution in [0.15, 0.2) is 70.2 Å². The standard InChI is InChI=1S/C23H23N3O2.ClH/c1-17-14-19(25-28-17)16-27-20-7-5-6-18(15-20)10-11-22-21-8-3-4-9-23(21)26(2)13-12-24-22;/h3-11,14-15H,12-13,16H2,1-2H3;1H/b11-10+;. The van der Waals surface area contributed by atoms with Gasteiger partial charge in [-0.2, -0.15) is 0 Å². The van der Waals surface area contributed by atoms with Gasteiger partial charge in [-0.05, 0) is 36.8 Å². The third kappa shape index (κ3) is 5.06. The van der Waals surface area contributed by atoms with Crippen LogP contribution in [0.1, 0.15) is 22.6 Å². The largest absolute Gasteiger partial charge is 0.487 e. The third-order valence-corrected chi connectivity index (χ3v) is 4.66. The minimum absolute atomic E-state index is 0. The molecule has 1 aliphatic rings. The van der Waals surface area contributed by atoms with Crippen molar-refractivity contribution < 1.29 is 9.26 Å². The number of aliphatic imine (C=N–C) groups is 1. The van der Waals surface area contributed by atoms with Crippen molar-refractivity contribution in [3.05, 3.63) is 83.3 Å². The lowest BCUT2D eigenvalue weighted by molar-refractivity contribution is 0.288. The number of benzodiazepines with no additional fused rings is 1. The number of benzene rings is 2. The normalized spacial score (nSPS) is 13.4. The molecule has 2 heterocycles. The maximum Gasteiger partial charge on any atom is 0.134 e. The van der Waals surface area contributed by atoms with Crippen molar-refractivity contribution in [1.82, 2.24) is 5.16 Å². The average Bonchev–Trinajstić information content (AvgIpc) is 3.07. The van der Waals surface area contributed by atoms with Gasteiger partial charge in [0.05, 0.1) is 12.3 Å². The Balaban J connectivity index is 0.00000240. The Bertz CT molecular complexity index is 1030. The summed E-state index contributed by atoms with van der Waals surface area (Å²) in [6.45, 7) is 3.95. The van der Waals surface area contributed by atoms with Crippen LogP contribution in [0.3, 0.4) is 0 Å². The molecule has 0 spiro atoms. The SMILES string of the molecule is Cc1cc(COc2cccc(/C=C/C3=NCCN(C)c4ccccc43)c2)no1.Cl. The monoisotopic (exact) mass is 409 g/mol. The maximum absolute atomic E-state index is 5.83. The number of para-hydroxylation sites is 1. The first-order valence-corrected chi connectivity index (χ1v) is 9.37. The first-order chi connectivity index (χ1) is 13.7. The number of allylic oxidation sites excluding steroid dienone is 1. The van der Waals surface area contributed by atoms with Gasteiger partial charge in [0.1, 0.15) is 23.8 Å². The van der Waals surface area contributed by atoms with Crippen molar-refractivity contribution >= 4 is 29.9 Å². The molecule has 150 valence electrons. The number of hydrogen-bond donors (Lipinski definition) is 0. The highest BCUT2D eigenvalue weighted by atomic mass is 35.5. The Morgan fingerprint density at radius 1 is 1.10 bits per heavy atom. The zero-order valence-corrected chi connectivity index (χ0v) is 17.4. The lowest BCUT2D eigenvalue weighted by Crippen LogP contribution is -2.20. The van der Waals surface area contributed by atoms with Crippen LogP contribution >= 0.6 is 12.4 Å². The summed E-state index contributed by atoms with van der Waals surface area (Å²) in [6, 6.07) is 18.3. The summed E-state index contributed by atoms with van der Waals surface area (Å²) >= 11 is 0. The van der Waals surface area contributed by atoms with Gasteiger partial charge in [0, 0.05) is 30.9 Å². The summed E-state index contributed by atoms with van der Waals surface area (Å²) in [6.07, 6.45) is 4.16. The molecule has 0 saturated carbocycles. The van der Waals surface area contributed by atoms with Crippen LogP contribution in [0.2, 0.25) is 0 Å². The highest BCUT2D eigenvalue weighted by molar-refractivity contribution is 6.14. The van der Waals surface area contributed by atoms with Gasteiger partial charge < -0.3 is 14.2 Å². The molecule has 29 heavy (non-hydrogen) atoms. The first-order valence-electron chi connectivity index (χ1n) is 9.37. The molecule has 2 aromatic carbocycles. The third-order valence-electron chi connectivity index (χ3n) is 4.66. The number of nitrogens with zero attached hydrogens (tertiary/aromatic N) is 3. The number of anilines is 1. The fourth-order valence-electron chi connectivity index (χ4n) is 3.22. The number of halogens is 1. The van der Waals surface area contributed by atoms with E-state index in [2.05, 4.69) is 59.6 Å². The predicted octanol–water partition coefficient (Wildman–Crippen LogP) is 4.94. The first kappa shape index (κ1) is 20.7. The second kappa shape index (κ2) is 9.43. The van der Waals surface area contributed by atoms with E-state index >= 15 is 0 Å². The van der Waals surface area contributed by atoms with E-state index in [0.717, 1.165) is 47.1 Å². The van der Waals surface area contributed by atoms with Crippen LogP contribution in [-0.2, 0) is 6.61 Å². The van der Waals surface area contributed by atoms with Crippen LogP contribution < -0.4 is 9.64 Å². The molecule has 1 aliphatic heterocycles. The molecular weight excluding hydrogens is 386 g/mol. The summed E-state index contributed by atoms with van der Waals surface area (Å²) in [5.41, 5.74) is 5.22. The molecule has 5 nitrogen and oxygen atoms in total. The Hall–Kier alpha value is -3.05. The highest BCUT2D eigenvalue weighted by Gasteiger charge is 2.13. The Morgan fingerprint density at radius 3 is 2.79 bits per heavy atom. The summed E-state index contributed by atoms with van der Waals surface area (Å²) < 4.78 is 10.9. The summed E-state index contributed by atoms with van der Waals surface area (Å²) in [4.78, 5) is 7.02. The fourth-order valence-corrected chi connectivity index (χ4v) is 3.22. The number of aromatic nitrogens is 1. The molecule has 0 N–H and O–H groups in total. The topological polar surface area (TPSA) is 50.9 Å². The van der Waals surface area contributed by atoms with Gasteiger partial charge in [0.15, 0.2) is 0 Å². The molecular formula is C23H24ClN3O2. The minimum Gasteiger partial charge on any atom is -0.487 e. The lowest BCUT2D eigenvalue weighted by Gasteiger charge is -2.18. The van der Waals surface area contributed by atoms with Gasteiger partial charge in [-0.25, -0.2) is 0 Å². The van der Waals surface area contributed by atoms with Gasteiger partial charge in [-0.1, -0.05) is 41.6 Å². The molecule has 0 aliphatic carbocycles. The van der Waals surface area contributed by atoms with Crippen molar-refractivity contribution in [2.24, 2.45) is 4.99 Å². The van der Waals surface area contributed by atoms with E-state index in [9.17, 15) is 0 Å². The molecule has 0 atom stereocenters. The van der Waals surface area contributed by atoms with E-state index in [1.807, 2.05) is 31.2 Å². The highest BCUT2D eigenvalue weighted by Crippen LogP contribution is 2.23. The zero-order chi connectivity index (χ0) is 19.3. The Morgan fingerprint density at radius 2 is 1.97 bits per heavy atom.